The first-order chi connectivity index (χ1) is 8.84. The lowest BCUT2D eigenvalue weighted by Gasteiger charge is -2.21. The van der Waals surface area contributed by atoms with E-state index >= 15 is 0 Å². The van der Waals surface area contributed by atoms with Crippen molar-refractivity contribution in [1.82, 2.24) is 14.9 Å². The van der Waals surface area contributed by atoms with Crippen molar-refractivity contribution < 1.29 is 4.79 Å². The molecule has 0 bridgehead atoms. The third-order valence-electron chi connectivity index (χ3n) is 2.96. The molecule has 0 unspecified atom stereocenters. The zero-order valence-corrected chi connectivity index (χ0v) is 10.6. The number of thiazole rings is 1. The van der Waals surface area contributed by atoms with Gasteiger partial charge in [0.05, 0.1) is 6.54 Å². The number of hydrogen-bond donors (Lipinski definition) is 0. The van der Waals surface area contributed by atoms with Gasteiger partial charge in [0, 0.05) is 35.6 Å². The number of pyridine rings is 1. The molecular weight excluding hydrogens is 246 g/mol. The number of nitrogens with zero attached hydrogens (tertiary/aromatic N) is 3. The van der Waals surface area contributed by atoms with Gasteiger partial charge in [-0.15, -0.1) is 11.3 Å². The van der Waals surface area contributed by atoms with E-state index in [9.17, 15) is 4.79 Å². The van der Waals surface area contributed by atoms with Crippen molar-refractivity contribution in [3.63, 3.8) is 0 Å². The number of rotatable bonds is 4. The molecule has 0 radical (unpaired) electrons. The smallest absolute Gasteiger partial charge is 0.254 e. The Labute approximate surface area is 109 Å². The highest BCUT2D eigenvalue weighted by molar-refractivity contribution is 7.09. The molecule has 0 atom stereocenters. The lowest BCUT2D eigenvalue weighted by molar-refractivity contribution is 0.0729. The van der Waals surface area contributed by atoms with Gasteiger partial charge in [-0.2, -0.15) is 0 Å². The molecular formula is C13H13N3OS. The van der Waals surface area contributed by atoms with Crippen molar-refractivity contribution >= 4 is 17.2 Å². The highest BCUT2D eigenvalue weighted by Crippen LogP contribution is 2.30. The summed E-state index contributed by atoms with van der Waals surface area (Å²) in [5, 5.41) is 2.93. The normalized spacial score (nSPS) is 14.4. The van der Waals surface area contributed by atoms with Crippen molar-refractivity contribution in [3.8, 4) is 0 Å². The predicted octanol–water partition coefficient (Wildman–Crippen LogP) is 2.34. The minimum atomic E-state index is 0.0788. The zero-order valence-electron chi connectivity index (χ0n) is 9.82. The van der Waals surface area contributed by atoms with E-state index in [1.165, 1.54) is 0 Å². The molecule has 1 aliphatic carbocycles. The van der Waals surface area contributed by atoms with E-state index in [0.29, 0.717) is 18.2 Å². The third kappa shape index (κ3) is 2.41. The lowest BCUT2D eigenvalue weighted by atomic mass is 10.2. The number of carbonyl (C=O) groups is 1. The summed E-state index contributed by atoms with van der Waals surface area (Å²) in [6.07, 6.45) is 7.29. The molecule has 2 aromatic heterocycles. The Morgan fingerprint density at radius 1 is 1.33 bits per heavy atom. The third-order valence-corrected chi connectivity index (χ3v) is 3.73. The van der Waals surface area contributed by atoms with Crippen LogP contribution in [0.1, 0.15) is 28.2 Å². The molecule has 92 valence electrons. The van der Waals surface area contributed by atoms with Crippen LogP contribution in [0.15, 0.2) is 36.1 Å². The molecule has 1 fully saturated rings. The SMILES string of the molecule is O=C(c1ccncc1)N(Cc1nccs1)C1CC1. The van der Waals surface area contributed by atoms with Gasteiger partial charge in [0.15, 0.2) is 0 Å². The van der Waals surface area contributed by atoms with E-state index in [-0.39, 0.29) is 5.91 Å². The molecule has 0 aromatic carbocycles. The number of aromatic nitrogens is 2. The van der Waals surface area contributed by atoms with Gasteiger partial charge in [0.25, 0.3) is 5.91 Å². The Bertz CT molecular complexity index is 522. The summed E-state index contributed by atoms with van der Waals surface area (Å²) >= 11 is 1.59. The molecule has 1 saturated carbocycles. The van der Waals surface area contributed by atoms with Crippen molar-refractivity contribution in [3.05, 3.63) is 46.7 Å². The molecule has 0 N–H and O–H groups in total. The summed E-state index contributed by atoms with van der Waals surface area (Å²) in [7, 11) is 0. The quantitative estimate of drug-likeness (QED) is 0.846. The highest BCUT2D eigenvalue weighted by Gasteiger charge is 2.33. The largest absolute Gasteiger partial charge is 0.329 e. The summed E-state index contributed by atoms with van der Waals surface area (Å²) < 4.78 is 0. The first-order valence-corrected chi connectivity index (χ1v) is 6.82. The second-order valence-corrected chi connectivity index (χ2v) is 5.31. The van der Waals surface area contributed by atoms with Crippen molar-refractivity contribution in [1.29, 1.82) is 0 Å². The molecule has 1 aliphatic rings. The van der Waals surface area contributed by atoms with E-state index in [1.54, 1.807) is 42.1 Å². The van der Waals surface area contributed by atoms with Crippen LogP contribution >= 0.6 is 11.3 Å². The Balaban J connectivity index is 1.80. The molecule has 5 heteroatoms. The van der Waals surface area contributed by atoms with Gasteiger partial charge >= 0.3 is 0 Å². The summed E-state index contributed by atoms with van der Waals surface area (Å²) in [5.74, 6) is 0.0788. The maximum atomic E-state index is 12.4. The first kappa shape index (κ1) is 11.3. The molecule has 0 saturated heterocycles. The lowest BCUT2D eigenvalue weighted by Crippen LogP contribution is -2.32. The van der Waals surface area contributed by atoms with Gasteiger partial charge in [-0.05, 0) is 25.0 Å². The minimum Gasteiger partial charge on any atom is -0.329 e. The number of hydrogen-bond acceptors (Lipinski definition) is 4. The fourth-order valence-corrected chi connectivity index (χ4v) is 2.50. The van der Waals surface area contributed by atoms with Gasteiger partial charge in [0.2, 0.25) is 0 Å². The van der Waals surface area contributed by atoms with E-state index in [4.69, 9.17) is 0 Å². The van der Waals surface area contributed by atoms with E-state index < -0.39 is 0 Å². The van der Waals surface area contributed by atoms with E-state index in [1.807, 2.05) is 10.3 Å². The van der Waals surface area contributed by atoms with Gasteiger partial charge in [-0.25, -0.2) is 4.98 Å². The van der Waals surface area contributed by atoms with E-state index in [0.717, 1.165) is 17.8 Å². The van der Waals surface area contributed by atoms with Crippen LogP contribution in [-0.4, -0.2) is 26.8 Å². The average molecular weight is 259 g/mol. The number of amides is 1. The Kier molecular flexibility index (Phi) is 3.06. The molecule has 2 aromatic rings. The molecule has 0 aliphatic heterocycles. The predicted molar refractivity (Wildman–Crippen MR) is 69.2 cm³/mol. The Morgan fingerprint density at radius 3 is 2.72 bits per heavy atom. The average Bonchev–Trinajstić information content (AvgIpc) is 3.13. The van der Waals surface area contributed by atoms with Crippen LogP contribution in [0.25, 0.3) is 0 Å². The molecule has 3 rings (SSSR count). The van der Waals surface area contributed by atoms with Crippen LogP contribution in [0.2, 0.25) is 0 Å². The Hall–Kier alpha value is -1.75. The second kappa shape index (κ2) is 4.86. The first-order valence-electron chi connectivity index (χ1n) is 5.94. The van der Waals surface area contributed by atoms with Crippen molar-refractivity contribution in [2.45, 2.75) is 25.4 Å². The zero-order chi connectivity index (χ0) is 12.4. The monoisotopic (exact) mass is 259 g/mol. The van der Waals surface area contributed by atoms with Crippen LogP contribution in [0.5, 0.6) is 0 Å². The van der Waals surface area contributed by atoms with Crippen molar-refractivity contribution in [2.75, 3.05) is 0 Å². The number of carbonyl (C=O) groups excluding carboxylic acids is 1. The van der Waals surface area contributed by atoms with Crippen LogP contribution < -0.4 is 0 Å². The molecule has 4 nitrogen and oxygen atoms in total. The van der Waals surface area contributed by atoms with Crippen LogP contribution in [0, 0.1) is 0 Å². The standard InChI is InChI=1S/C13H13N3OS/c17-13(10-3-5-14-6-4-10)16(11-1-2-11)9-12-15-7-8-18-12/h3-8,11H,1-2,9H2. The molecule has 2 heterocycles. The highest BCUT2D eigenvalue weighted by atomic mass is 32.1. The van der Waals surface area contributed by atoms with Gasteiger partial charge in [-0.3, -0.25) is 9.78 Å². The maximum Gasteiger partial charge on any atom is 0.254 e. The summed E-state index contributed by atoms with van der Waals surface area (Å²) in [5.41, 5.74) is 0.702. The van der Waals surface area contributed by atoms with Gasteiger partial charge < -0.3 is 4.90 Å². The van der Waals surface area contributed by atoms with Crippen molar-refractivity contribution in [2.24, 2.45) is 0 Å². The van der Waals surface area contributed by atoms with Crippen LogP contribution in [0.3, 0.4) is 0 Å². The van der Waals surface area contributed by atoms with Gasteiger partial charge in [0.1, 0.15) is 5.01 Å². The topological polar surface area (TPSA) is 46.1 Å². The van der Waals surface area contributed by atoms with Gasteiger partial charge in [-0.1, -0.05) is 0 Å². The minimum absolute atomic E-state index is 0.0788. The summed E-state index contributed by atoms with van der Waals surface area (Å²) in [4.78, 5) is 22.5. The molecule has 18 heavy (non-hydrogen) atoms. The second-order valence-electron chi connectivity index (χ2n) is 4.33. The summed E-state index contributed by atoms with van der Waals surface area (Å²) in [6.45, 7) is 0.615. The molecule has 0 spiro atoms. The summed E-state index contributed by atoms with van der Waals surface area (Å²) in [6, 6.07) is 3.91. The fourth-order valence-electron chi connectivity index (χ4n) is 1.89. The molecule has 1 amide bonds. The van der Waals surface area contributed by atoms with Crippen LogP contribution in [0.4, 0.5) is 0 Å². The fraction of sp³-hybridized carbons (Fsp3) is 0.308. The van der Waals surface area contributed by atoms with Crippen LogP contribution in [-0.2, 0) is 6.54 Å². The Morgan fingerprint density at radius 2 is 2.11 bits per heavy atom. The maximum absolute atomic E-state index is 12.4. The van der Waals surface area contributed by atoms with E-state index in [2.05, 4.69) is 9.97 Å².